The molecule has 0 aliphatic carbocycles. The van der Waals surface area contributed by atoms with Crippen LogP contribution in [0.25, 0.3) is 0 Å². The third-order valence-corrected chi connectivity index (χ3v) is 8.37. The molecular weight excluding hydrogens is 286 g/mol. The average Bonchev–Trinajstić information content (AvgIpc) is 2.41. The first kappa shape index (κ1) is 13.4. The molecule has 6 heteroatoms. The van der Waals surface area contributed by atoms with Crippen LogP contribution in [-0.2, 0) is 22.4 Å². The summed E-state index contributed by atoms with van der Waals surface area (Å²) < 4.78 is 32.0. The summed E-state index contributed by atoms with van der Waals surface area (Å²) >= 11 is 0. The molecule has 0 spiro atoms. The molecule has 0 bridgehead atoms. The highest BCUT2D eigenvalue weighted by Gasteiger charge is 2.37. The summed E-state index contributed by atoms with van der Waals surface area (Å²) in [7, 11) is -4.53. The first-order valence-electron chi connectivity index (χ1n) is 8.26. The molecule has 0 unspecified atom stereocenters. The lowest BCUT2D eigenvalue weighted by Gasteiger charge is -2.36. The van der Waals surface area contributed by atoms with Crippen LogP contribution in [0.3, 0.4) is 0 Å². The minimum atomic E-state index is -2.54. The van der Waals surface area contributed by atoms with Crippen molar-refractivity contribution in [2.75, 3.05) is 7.04 Å². The highest BCUT2D eigenvalue weighted by molar-refractivity contribution is 6.74. The van der Waals surface area contributed by atoms with Crippen molar-refractivity contribution >= 4 is 14.0 Å². The Kier molecular flexibility index (Phi) is 4.27. The number of nitro groups is 1. The maximum absolute atomic E-state index is 11.1. The lowest BCUT2D eigenvalue weighted by Crippen LogP contribution is -2.40. The Morgan fingerprint density at radius 2 is 1.81 bits per heavy atom. The number of nitrogens with zero attached hydrogens (tertiary/aromatic N) is 1. The quantitative estimate of drug-likeness (QED) is 0.447. The molecule has 1 aromatic carbocycles. The first-order valence-corrected chi connectivity index (χ1v) is 9.67. The van der Waals surface area contributed by atoms with E-state index in [4.69, 9.17) is 13.3 Å². The zero-order valence-corrected chi connectivity index (χ0v) is 14.2. The Morgan fingerprint density at radius 1 is 1.24 bits per heavy atom. The van der Waals surface area contributed by atoms with E-state index in [0.29, 0.717) is 11.1 Å². The third kappa shape index (κ3) is 4.91. The molecule has 0 radical (unpaired) electrons. The highest BCUT2D eigenvalue weighted by Crippen LogP contribution is 2.37. The van der Waals surface area contributed by atoms with E-state index in [2.05, 4.69) is 33.9 Å². The minimum Gasteiger partial charge on any atom is -0.413 e. The van der Waals surface area contributed by atoms with Crippen LogP contribution in [-0.4, -0.2) is 20.3 Å². The second-order valence-electron chi connectivity index (χ2n) is 6.60. The van der Waals surface area contributed by atoms with Gasteiger partial charge in [0.1, 0.15) is 0 Å². The van der Waals surface area contributed by atoms with Gasteiger partial charge in [0.2, 0.25) is 0 Å². The smallest absolute Gasteiger partial charge is 0.270 e. The molecule has 0 aromatic heterocycles. The molecule has 0 aliphatic rings. The van der Waals surface area contributed by atoms with Crippen molar-refractivity contribution in [2.24, 2.45) is 0 Å². The first-order chi connectivity index (χ1) is 10.7. The van der Waals surface area contributed by atoms with Gasteiger partial charge in [0.05, 0.1) is 22.2 Å². The summed E-state index contributed by atoms with van der Waals surface area (Å²) in [6.45, 7) is 10.6. The Hall–Kier alpha value is -1.24. The van der Waals surface area contributed by atoms with Crippen LogP contribution in [0.4, 0.5) is 5.69 Å². The summed E-state index contributed by atoms with van der Waals surface area (Å²) in [6, 6.07) is 4.46. The van der Waals surface area contributed by atoms with Crippen LogP contribution in [0.5, 0.6) is 0 Å². The molecule has 1 rings (SSSR count). The molecule has 5 nitrogen and oxygen atoms in total. The molecule has 0 fully saturated rings. The summed E-state index contributed by atoms with van der Waals surface area (Å²) in [5.74, 6) is 0. The highest BCUT2D eigenvalue weighted by atomic mass is 28.4. The van der Waals surface area contributed by atoms with Crippen LogP contribution >= 0.6 is 0 Å². The summed E-state index contributed by atoms with van der Waals surface area (Å²) in [5.41, 5.74) is 0.975. The van der Waals surface area contributed by atoms with Crippen molar-refractivity contribution in [1.29, 1.82) is 0 Å². The van der Waals surface area contributed by atoms with Crippen LogP contribution in [0, 0.1) is 10.1 Å². The van der Waals surface area contributed by atoms with Crippen molar-refractivity contribution in [3.8, 4) is 0 Å². The van der Waals surface area contributed by atoms with Gasteiger partial charge in [0.25, 0.3) is 5.69 Å². The van der Waals surface area contributed by atoms with Crippen molar-refractivity contribution in [3.05, 3.63) is 39.4 Å². The van der Waals surface area contributed by atoms with Crippen LogP contribution in [0.2, 0.25) is 18.1 Å². The van der Waals surface area contributed by atoms with E-state index in [-0.39, 0.29) is 23.9 Å². The maximum Gasteiger partial charge on any atom is 0.270 e. The molecule has 0 atom stereocenters. The molecule has 0 heterocycles. The zero-order valence-electron chi connectivity index (χ0n) is 16.2. The van der Waals surface area contributed by atoms with E-state index >= 15 is 0 Å². The number of ether oxygens (including phenoxy) is 1. The molecule has 0 amide bonds. The Morgan fingerprint density at radius 3 is 2.29 bits per heavy atom. The van der Waals surface area contributed by atoms with Gasteiger partial charge < -0.3 is 9.16 Å². The van der Waals surface area contributed by atoms with Gasteiger partial charge in [-0.2, -0.15) is 0 Å². The Balaban J connectivity index is 2.98. The van der Waals surface area contributed by atoms with Crippen molar-refractivity contribution in [1.82, 2.24) is 0 Å². The third-order valence-electron chi connectivity index (χ3n) is 3.89. The number of nitro benzene ring substituents is 1. The predicted octanol–water partition coefficient (Wildman–Crippen LogP) is 4.26. The molecule has 0 aliphatic heterocycles. The number of rotatable bonds is 6. The largest absolute Gasteiger partial charge is 0.413 e. The van der Waals surface area contributed by atoms with Gasteiger partial charge in [-0.25, -0.2) is 0 Å². The van der Waals surface area contributed by atoms with Crippen LogP contribution < -0.4 is 0 Å². The average molecular weight is 314 g/mol. The topological polar surface area (TPSA) is 61.6 Å². The standard InChI is InChI=1S/C15H25NO4Si/c1-15(2,3)21(5,6)20-11-13-7-12(10-19-4)8-14(9-13)16(17)18/h7-9H,10-11H2,1-6H3/i4D3. The minimum absolute atomic E-state index is 0.0287. The predicted molar refractivity (Wildman–Crippen MR) is 85.8 cm³/mol. The van der Waals surface area contributed by atoms with Gasteiger partial charge in [-0.05, 0) is 29.3 Å². The van der Waals surface area contributed by atoms with Crippen molar-refractivity contribution < 1.29 is 18.2 Å². The Labute approximate surface area is 131 Å². The lowest BCUT2D eigenvalue weighted by molar-refractivity contribution is -0.385. The molecular formula is C15H25NO4Si. The van der Waals surface area contributed by atoms with E-state index in [1.807, 2.05) is 0 Å². The fourth-order valence-electron chi connectivity index (χ4n) is 1.58. The number of methoxy groups -OCH3 is 1. The van der Waals surface area contributed by atoms with E-state index < -0.39 is 20.3 Å². The number of non-ortho nitro benzene ring substituents is 1. The second-order valence-corrected chi connectivity index (χ2v) is 11.4. The molecule has 1 aromatic rings. The van der Waals surface area contributed by atoms with Gasteiger partial charge in [-0.3, -0.25) is 10.1 Å². The number of hydrogen-bond acceptors (Lipinski definition) is 4. The zero-order chi connectivity index (χ0) is 18.8. The molecule has 0 N–H and O–H groups in total. The molecule has 21 heavy (non-hydrogen) atoms. The van der Waals surface area contributed by atoms with E-state index in [1.54, 1.807) is 6.07 Å². The number of hydrogen-bond donors (Lipinski definition) is 0. The molecule has 0 saturated heterocycles. The maximum atomic E-state index is 11.1. The van der Waals surface area contributed by atoms with Gasteiger partial charge in [0.15, 0.2) is 8.32 Å². The lowest BCUT2D eigenvalue weighted by atomic mass is 10.1. The van der Waals surface area contributed by atoms with Crippen molar-refractivity contribution in [3.63, 3.8) is 0 Å². The van der Waals surface area contributed by atoms with Crippen LogP contribution in [0.1, 0.15) is 36.0 Å². The van der Waals surface area contributed by atoms with Gasteiger partial charge in [-0.1, -0.05) is 26.8 Å². The number of benzene rings is 1. The van der Waals surface area contributed by atoms with E-state index in [0.717, 1.165) is 0 Å². The molecule has 0 saturated carbocycles. The normalized spacial score (nSPS) is 15.2. The van der Waals surface area contributed by atoms with Crippen molar-refractivity contribution in [2.45, 2.75) is 52.1 Å². The van der Waals surface area contributed by atoms with E-state index in [9.17, 15) is 10.1 Å². The molecule has 118 valence electrons. The fourth-order valence-corrected chi connectivity index (χ4v) is 2.54. The van der Waals surface area contributed by atoms with Gasteiger partial charge in [-0.15, -0.1) is 0 Å². The van der Waals surface area contributed by atoms with Gasteiger partial charge >= 0.3 is 0 Å². The Bertz CT molecular complexity index is 597. The van der Waals surface area contributed by atoms with E-state index in [1.165, 1.54) is 12.1 Å². The van der Waals surface area contributed by atoms with Gasteiger partial charge in [0, 0.05) is 19.2 Å². The fraction of sp³-hybridized carbons (Fsp3) is 0.600. The SMILES string of the molecule is [2H]C([2H])([2H])OCc1cc(CO[Si](C)(C)C(C)(C)C)cc([N+](=O)[O-])c1. The summed E-state index contributed by atoms with van der Waals surface area (Å²) in [5, 5.41) is 11.1. The summed E-state index contributed by atoms with van der Waals surface area (Å²) in [4.78, 5) is 10.6. The second kappa shape index (κ2) is 6.68. The summed E-state index contributed by atoms with van der Waals surface area (Å²) in [6.07, 6.45) is 0. The van der Waals surface area contributed by atoms with Crippen LogP contribution in [0.15, 0.2) is 18.2 Å². The monoisotopic (exact) mass is 314 g/mol.